The smallest absolute Gasteiger partial charge is 0.320 e. The van der Waals surface area contributed by atoms with Gasteiger partial charge < -0.3 is 5.11 Å². The number of likely N-dealkylation sites (N-methyl/N-ethyl adjacent to an activating group) is 1. The number of carbonyl (C=O) groups is 1. The highest BCUT2D eigenvalue weighted by Crippen LogP contribution is 2.15. The fourth-order valence-electron chi connectivity index (χ4n) is 3.66. The summed E-state index contributed by atoms with van der Waals surface area (Å²) in [6.07, 6.45) is 19.6. The predicted molar refractivity (Wildman–Crippen MR) is 109 cm³/mol. The highest BCUT2D eigenvalue weighted by molar-refractivity contribution is 5.73. The Morgan fingerprint density at radius 1 is 0.680 bits per heavy atom. The van der Waals surface area contributed by atoms with Crippen molar-refractivity contribution in [1.82, 2.24) is 4.90 Å². The number of unbranched alkanes of at least 4 members (excludes halogenated alkanes) is 13. The van der Waals surface area contributed by atoms with E-state index in [1.54, 1.807) is 0 Å². The maximum Gasteiger partial charge on any atom is 0.320 e. The third-order valence-corrected chi connectivity index (χ3v) is 5.37. The van der Waals surface area contributed by atoms with Crippen LogP contribution < -0.4 is 0 Å². The maximum atomic E-state index is 11.4. The molecule has 0 bridgehead atoms. The Kier molecular flexibility index (Phi) is 17.8. The van der Waals surface area contributed by atoms with Crippen molar-refractivity contribution >= 4 is 5.97 Å². The van der Waals surface area contributed by atoms with Crippen LogP contribution in [-0.4, -0.2) is 35.1 Å². The summed E-state index contributed by atoms with van der Waals surface area (Å²) in [7, 11) is 0. The topological polar surface area (TPSA) is 40.5 Å². The SMILES string of the molecule is CCCCCCCCCCCCCCCCC(C(=O)O)N(CC)CC. The first kappa shape index (κ1) is 24.4. The molecule has 150 valence electrons. The van der Waals surface area contributed by atoms with E-state index in [1.807, 2.05) is 13.8 Å². The third-order valence-electron chi connectivity index (χ3n) is 5.37. The van der Waals surface area contributed by atoms with Crippen LogP contribution in [0.2, 0.25) is 0 Å². The third kappa shape index (κ3) is 14.3. The Morgan fingerprint density at radius 2 is 1.04 bits per heavy atom. The van der Waals surface area contributed by atoms with Gasteiger partial charge in [0.1, 0.15) is 6.04 Å². The van der Waals surface area contributed by atoms with Gasteiger partial charge in [-0.2, -0.15) is 0 Å². The minimum Gasteiger partial charge on any atom is -0.480 e. The molecule has 0 aliphatic carbocycles. The van der Waals surface area contributed by atoms with E-state index in [-0.39, 0.29) is 6.04 Å². The molecule has 0 spiro atoms. The van der Waals surface area contributed by atoms with Gasteiger partial charge in [-0.05, 0) is 19.5 Å². The van der Waals surface area contributed by atoms with Crippen molar-refractivity contribution in [3.63, 3.8) is 0 Å². The molecule has 3 nitrogen and oxygen atoms in total. The van der Waals surface area contributed by atoms with Crippen LogP contribution in [0.1, 0.15) is 117 Å². The highest BCUT2D eigenvalue weighted by Gasteiger charge is 2.22. The zero-order valence-electron chi connectivity index (χ0n) is 17.4. The van der Waals surface area contributed by atoms with Gasteiger partial charge in [-0.25, -0.2) is 0 Å². The Balaban J connectivity index is 3.41. The van der Waals surface area contributed by atoms with Crippen molar-refractivity contribution in [2.45, 2.75) is 123 Å². The number of hydrogen-bond donors (Lipinski definition) is 1. The molecule has 3 heteroatoms. The number of carboxylic acid groups (broad SMARTS) is 1. The van der Waals surface area contributed by atoms with Gasteiger partial charge in [-0.3, -0.25) is 9.69 Å². The Morgan fingerprint density at radius 3 is 1.36 bits per heavy atom. The fourth-order valence-corrected chi connectivity index (χ4v) is 3.66. The van der Waals surface area contributed by atoms with E-state index < -0.39 is 5.97 Å². The van der Waals surface area contributed by atoms with Gasteiger partial charge in [0.25, 0.3) is 0 Å². The van der Waals surface area contributed by atoms with Gasteiger partial charge in [-0.1, -0.05) is 111 Å². The van der Waals surface area contributed by atoms with E-state index >= 15 is 0 Å². The van der Waals surface area contributed by atoms with E-state index in [2.05, 4.69) is 11.8 Å². The summed E-state index contributed by atoms with van der Waals surface area (Å²) < 4.78 is 0. The first-order chi connectivity index (χ1) is 12.2. The van der Waals surface area contributed by atoms with E-state index in [0.29, 0.717) is 0 Å². The Labute approximate surface area is 157 Å². The molecule has 1 N–H and O–H groups in total. The van der Waals surface area contributed by atoms with Gasteiger partial charge >= 0.3 is 5.97 Å². The maximum absolute atomic E-state index is 11.4. The summed E-state index contributed by atoms with van der Waals surface area (Å²) in [5.74, 6) is -0.654. The lowest BCUT2D eigenvalue weighted by atomic mass is 10.0. The summed E-state index contributed by atoms with van der Waals surface area (Å²) in [4.78, 5) is 13.4. The molecule has 0 aromatic carbocycles. The molecule has 0 aliphatic rings. The van der Waals surface area contributed by atoms with Gasteiger partial charge in [0.05, 0.1) is 0 Å². The lowest BCUT2D eigenvalue weighted by Crippen LogP contribution is -2.40. The number of aliphatic carboxylic acids is 1. The summed E-state index contributed by atoms with van der Waals surface area (Å²) in [5.41, 5.74) is 0. The van der Waals surface area contributed by atoms with Crippen LogP contribution in [0.5, 0.6) is 0 Å². The van der Waals surface area contributed by atoms with Gasteiger partial charge in [0, 0.05) is 0 Å². The quantitative estimate of drug-likeness (QED) is 0.264. The Hall–Kier alpha value is -0.570. The first-order valence-corrected chi connectivity index (χ1v) is 11.1. The average Bonchev–Trinajstić information content (AvgIpc) is 2.61. The van der Waals surface area contributed by atoms with Crippen LogP contribution in [0.15, 0.2) is 0 Å². The minimum absolute atomic E-state index is 0.285. The zero-order chi connectivity index (χ0) is 18.8. The second-order valence-electron chi connectivity index (χ2n) is 7.46. The number of nitrogens with zero attached hydrogens (tertiary/aromatic N) is 1. The predicted octanol–water partition coefficient (Wildman–Crippen LogP) is 6.65. The van der Waals surface area contributed by atoms with Crippen molar-refractivity contribution in [3.8, 4) is 0 Å². The molecule has 0 aromatic rings. The minimum atomic E-state index is -0.654. The van der Waals surface area contributed by atoms with Crippen molar-refractivity contribution < 1.29 is 9.90 Å². The number of rotatable bonds is 19. The standard InChI is InChI=1S/C22H45NO2/c1-4-7-8-9-10-11-12-13-14-15-16-17-18-19-20-21(22(24)25)23(5-2)6-3/h21H,4-20H2,1-3H3,(H,24,25). The molecule has 0 aliphatic heterocycles. The van der Waals surface area contributed by atoms with Gasteiger partial charge in [0.15, 0.2) is 0 Å². The molecule has 25 heavy (non-hydrogen) atoms. The second-order valence-corrected chi connectivity index (χ2v) is 7.46. The molecule has 0 saturated heterocycles. The Bertz CT molecular complexity index is 290. The molecule has 0 radical (unpaired) electrons. The van der Waals surface area contributed by atoms with Crippen LogP contribution in [0.25, 0.3) is 0 Å². The molecule has 0 saturated carbocycles. The van der Waals surface area contributed by atoms with E-state index in [9.17, 15) is 9.90 Å². The van der Waals surface area contributed by atoms with E-state index in [0.717, 1.165) is 25.9 Å². The molecular formula is C22H45NO2. The summed E-state index contributed by atoms with van der Waals surface area (Å²) in [6, 6.07) is -0.285. The summed E-state index contributed by atoms with van der Waals surface area (Å²) >= 11 is 0. The lowest BCUT2D eigenvalue weighted by molar-refractivity contribution is -0.143. The molecule has 0 fully saturated rings. The highest BCUT2D eigenvalue weighted by atomic mass is 16.4. The molecular weight excluding hydrogens is 310 g/mol. The molecule has 1 atom stereocenters. The summed E-state index contributed by atoms with van der Waals surface area (Å²) in [6.45, 7) is 8.02. The summed E-state index contributed by atoms with van der Waals surface area (Å²) in [5, 5.41) is 9.37. The van der Waals surface area contributed by atoms with Crippen LogP contribution >= 0.6 is 0 Å². The van der Waals surface area contributed by atoms with Crippen molar-refractivity contribution in [2.75, 3.05) is 13.1 Å². The zero-order valence-corrected chi connectivity index (χ0v) is 17.4. The van der Waals surface area contributed by atoms with E-state index in [1.165, 1.54) is 83.5 Å². The number of carboxylic acids is 1. The van der Waals surface area contributed by atoms with Crippen molar-refractivity contribution in [3.05, 3.63) is 0 Å². The van der Waals surface area contributed by atoms with Crippen molar-refractivity contribution in [2.24, 2.45) is 0 Å². The number of hydrogen-bond acceptors (Lipinski definition) is 2. The molecule has 0 heterocycles. The van der Waals surface area contributed by atoms with Crippen LogP contribution in [0.4, 0.5) is 0 Å². The molecule has 0 amide bonds. The molecule has 0 aromatic heterocycles. The van der Waals surface area contributed by atoms with Crippen LogP contribution in [-0.2, 0) is 4.79 Å². The molecule has 1 unspecified atom stereocenters. The lowest BCUT2D eigenvalue weighted by Gasteiger charge is -2.26. The normalized spacial score (nSPS) is 12.6. The monoisotopic (exact) mass is 355 g/mol. The van der Waals surface area contributed by atoms with E-state index in [4.69, 9.17) is 0 Å². The fraction of sp³-hybridized carbons (Fsp3) is 0.955. The van der Waals surface area contributed by atoms with Crippen LogP contribution in [0, 0.1) is 0 Å². The van der Waals surface area contributed by atoms with Gasteiger partial charge in [0.2, 0.25) is 0 Å². The molecule has 0 rings (SSSR count). The van der Waals surface area contributed by atoms with Crippen LogP contribution in [0.3, 0.4) is 0 Å². The second kappa shape index (κ2) is 18.2. The largest absolute Gasteiger partial charge is 0.480 e. The first-order valence-electron chi connectivity index (χ1n) is 11.1. The van der Waals surface area contributed by atoms with Crippen molar-refractivity contribution in [1.29, 1.82) is 0 Å². The average molecular weight is 356 g/mol. The van der Waals surface area contributed by atoms with Gasteiger partial charge in [-0.15, -0.1) is 0 Å².